The molecular weight excluding hydrogens is 483 g/mol. The number of nitrogens with one attached hydrogen (secondary N) is 1. The van der Waals surface area contributed by atoms with Gasteiger partial charge in [0.1, 0.15) is 5.82 Å². The van der Waals surface area contributed by atoms with Gasteiger partial charge in [-0.15, -0.1) is 34.2 Å². The van der Waals surface area contributed by atoms with E-state index < -0.39 is 0 Å². The zero-order chi connectivity index (χ0) is 19.2. The normalized spacial score (nSPS) is 17.5. The Labute approximate surface area is 189 Å². The number of hydrogen-bond donors (Lipinski definition) is 1. The molecule has 3 rings (SSSR count). The van der Waals surface area contributed by atoms with Crippen LogP contribution in [0.2, 0.25) is 0 Å². The summed E-state index contributed by atoms with van der Waals surface area (Å²) < 4.78 is 2.02. The van der Waals surface area contributed by atoms with E-state index >= 15 is 0 Å². The lowest BCUT2D eigenvalue weighted by Crippen LogP contribution is -2.49. The molecule has 0 spiro atoms. The van der Waals surface area contributed by atoms with Gasteiger partial charge in [-0.2, -0.15) is 11.8 Å². The van der Waals surface area contributed by atoms with E-state index in [1.165, 1.54) is 5.56 Å². The Balaban J connectivity index is 0.00000280. The minimum atomic E-state index is 0. The van der Waals surface area contributed by atoms with E-state index in [-0.39, 0.29) is 24.0 Å². The number of guanidine groups is 1. The molecule has 2 aromatic rings. The van der Waals surface area contributed by atoms with Crippen LogP contribution in [0.3, 0.4) is 0 Å². The molecule has 154 valence electrons. The minimum Gasteiger partial charge on any atom is -0.349 e. The molecule has 1 aromatic carbocycles. The highest BCUT2D eigenvalue weighted by molar-refractivity contribution is 14.0. The third kappa shape index (κ3) is 6.10. The summed E-state index contributed by atoms with van der Waals surface area (Å²) >= 11 is 2.08. The fraction of sp³-hybridized carbons (Fsp3) is 0.550. The summed E-state index contributed by atoms with van der Waals surface area (Å²) in [6.07, 6.45) is 0. The first-order chi connectivity index (χ1) is 13.0. The number of aryl methyl sites for hydroxylation is 1. The van der Waals surface area contributed by atoms with Gasteiger partial charge in [-0.3, -0.25) is 0 Å². The molecule has 1 unspecified atom stereocenters. The molecule has 1 aliphatic heterocycles. The van der Waals surface area contributed by atoms with Crippen molar-refractivity contribution >= 4 is 41.7 Å². The quantitative estimate of drug-likeness (QED) is 0.377. The summed E-state index contributed by atoms with van der Waals surface area (Å²) in [7, 11) is 2.00. The van der Waals surface area contributed by atoms with Gasteiger partial charge in [0.15, 0.2) is 11.8 Å². The molecule has 1 aromatic heterocycles. The Kier molecular flexibility index (Phi) is 9.07. The molecule has 6 nitrogen and oxygen atoms in total. The lowest BCUT2D eigenvalue weighted by molar-refractivity contribution is 0.379. The number of thioether (sulfide) groups is 1. The van der Waals surface area contributed by atoms with Crippen molar-refractivity contribution in [2.75, 3.05) is 18.8 Å². The Hall–Kier alpha value is -1.29. The van der Waals surface area contributed by atoms with Crippen molar-refractivity contribution in [3.8, 4) is 0 Å². The van der Waals surface area contributed by atoms with Crippen LogP contribution in [-0.2, 0) is 20.1 Å². The highest BCUT2D eigenvalue weighted by Gasteiger charge is 2.25. The monoisotopic (exact) mass is 514 g/mol. The summed E-state index contributed by atoms with van der Waals surface area (Å²) in [5.74, 6) is 4.60. The van der Waals surface area contributed by atoms with Gasteiger partial charge >= 0.3 is 0 Å². The third-order valence-corrected chi connectivity index (χ3v) is 6.52. The van der Waals surface area contributed by atoms with Crippen LogP contribution in [0.25, 0.3) is 0 Å². The Morgan fingerprint density at radius 2 is 2.04 bits per heavy atom. The van der Waals surface area contributed by atoms with E-state index in [0.717, 1.165) is 36.5 Å². The van der Waals surface area contributed by atoms with Gasteiger partial charge in [-0.05, 0) is 18.4 Å². The lowest BCUT2D eigenvalue weighted by Gasteiger charge is -2.36. The maximum Gasteiger partial charge on any atom is 0.194 e. The SMILES string of the molecule is Cc1nnc(CNC(=NCc2ccccc2)N2CCSC(C(C)C)C2)n1C.I. The van der Waals surface area contributed by atoms with E-state index in [1.54, 1.807) is 0 Å². The van der Waals surface area contributed by atoms with E-state index in [1.807, 2.05) is 24.6 Å². The van der Waals surface area contributed by atoms with Gasteiger partial charge < -0.3 is 14.8 Å². The number of benzene rings is 1. The van der Waals surface area contributed by atoms with Crippen LogP contribution in [-0.4, -0.2) is 49.7 Å². The zero-order valence-electron chi connectivity index (χ0n) is 17.1. The van der Waals surface area contributed by atoms with E-state index in [0.29, 0.717) is 24.3 Å². The molecular formula is C20H31IN6S. The van der Waals surface area contributed by atoms with Crippen LogP contribution in [0.15, 0.2) is 35.3 Å². The van der Waals surface area contributed by atoms with E-state index in [9.17, 15) is 0 Å². The van der Waals surface area contributed by atoms with Crippen molar-refractivity contribution in [2.45, 2.75) is 39.1 Å². The number of nitrogens with zero attached hydrogens (tertiary/aromatic N) is 5. The van der Waals surface area contributed by atoms with Crippen LogP contribution in [0.5, 0.6) is 0 Å². The predicted molar refractivity (Wildman–Crippen MR) is 128 cm³/mol. The van der Waals surface area contributed by atoms with Crippen LogP contribution in [0.1, 0.15) is 31.1 Å². The van der Waals surface area contributed by atoms with Gasteiger partial charge in [0.25, 0.3) is 0 Å². The van der Waals surface area contributed by atoms with Crippen molar-refractivity contribution in [2.24, 2.45) is 18.0 Å². The number of halogens is 1. The van der Waals surface area contributed by atoms with Crippen LogP contribution in [0, 0.1) is 12.8 Å². The molecule has 0 radical (unpaired) electrons. The number of aromatic nitrogens is 3. The van der Waals surface area contributed by atoms with E-state index in [2.05, 4.69) is 70.3 Å². The smallest absolute Gasteiger partial charge is 0.194 e. The predicted octanol–water partition coefficient (Wildman–Crippen LogP) is 3.46. The van der Waals surface area contributed by atoms with Gasteiger partial charge in [-0.1, -0.05) is 44.2 Å². The molecule has 0 aliphatic carbocycles. The van der Waals surface area contributed by atoms with Crippen LogP contribution in [0.4, 0.5) is 0 Å². The molecule has 1 aliphatic rings. The van der Waals surface area contributed by atoms with Crippen molar-refractivity contribution in [1.29, 1.82) is 0 Å². The summed E-state index contributed by atoms with van der Waals surface area (Å²) in [4.78, 5) is 7.32. The maximum absolute atomic E-state index is 4.93. The lowest BCUT2D eigenvalue weighted by atomic mass is 10.1. The van der Waals surface area contributed by atoms with Crippen LogP contribution < -0.4 is 5.32 Å². The summed E-state index contributed by atoms with van der Waals surface area (Å²) in [5, 5.41) is 12.6. The first kappa shape index (κ1) is 23.0. The molecule has 0 amide bonds. The molecule has 0 bridgehead atoms. The standard InChI is InChI=1S/C20H30N6S.HI/c1-15(2)18-14-26(10-11-27-18)20(21-12-17-8-6-5-7-9-17)22-13-19-24-23-16(3)25(19)4;/h5-9,15,18H,10-14H2,1-4H3,(H,21,22);1H. The molecule has 0 saturated carbocycles. The first-order valence-electron chi connectivity index (χ1n) is 9.58. The average molecular weight is 514 g/mol. The fourth-order valence-electron chi connectivity index (χ4n) is 3.05. The molecule has 1 fully saturated rings. The van der Waals surface area contributed by atoms with Crippen molar-refractivity contribution in [1.82, 2.24) is 25.0 Å². The molecule has 2 heterocycles. The Morgan fingerprint density at radius 1 is 1.29 bits per heavy atom. The largest absolute Gasteiger partial charge is 0.349 e. The molecule has 1 N–H and O–H groups in total. The van der Waals surface area contributed by atoms with Crippen LogP contribution >= 0.6 is 35.7 Å². The third-order valence-electron chi connectivity index (χ3n) is 4.98. The minimum absolute atomic E-state index is 0. The second-order valence-electron chi connectivity index (χ2n) is 7.30. The molecule has 28 heavy (non-hydrogen) atoms. The van der Waals surface area contributed by atoms with Gasteiger partial charge in [0, 0.05) is 31.1 Å². The number of hydrogen-bond acceptors (Lipinski definition) is 4. The van der Waals surface area contributed by atoms with Crippen molar-refractivity contribution in [3.05, 3.63) is 47.5 Å². The second-order valence-corrected chi connectivity index (χ2v) is 8.65. The maximum atomic E-state index is 4.93. The van der Waals surface area contributed by atoms with Crippen molar-refractivity contribution in [3.63, 3.8) is 0 Å². The summed E-state index contributed by atoms with van der Waals surface area (Å²) in [6, 6.07) is 10.4. The Morgan fingerprint density at radius 3 is 2.68 bits per heavy atom. The first-order valence-corrected chi connectivity index (χ1v) is 10.6. The highest BCUT2D eigenvalue weighted by atomic mass is 127. The molecule has 1 saturated heterocycles. The summed E-state index contributed by atoms with van der Waals surface area (Å²) in [6.45, 7) is 9.93. The van der Waals surface area contributed by atoms with E-state index in [4.69, 9.17) is 4.99 Å². The molecule has 1 atom stereocenters. The van der Waals surface area contributed by atoms with Gasteiger partial charge in [-0.25, -0.2) is 4.99 Å². The van der Waals surface area contributed by atoms with Gasteiger partial charge in [0.2, 0.25) is 0 Å². The van der Waals surface area contributed by atoms with Crippen molar-refractivity contribution < 1.29 is 0 Å². The number of rotatable bonds is 5. The van der Waals surface area contributed by atoms with Gasteiger partial charge in [0.05, 0.1) is 13.1 Å². The fourth-order valence-corrected chi connectivity index (χ4v) is 4.35. The topological polar surface area (TPSA) is 58.3 Å². The average Bonchev–Trinajstić information content (AvgIpc) is 3.01. The second kappa shape index (κ2) is 11.0. The summed E-state index contributed by atoms with van der Waals surface area (Å²) in [5.41, 5.74) is 1.22. The highest BCUT2D eigenvalue weighted by Crippen LogP contribution is 2.25. The number of aliphatic imine (C=N–C) groups is 1. The molecule has 8 heteroatoms. The zero-order valence-corrected chi connectivity index (χ0v) is 20.3. The Bertz CT molecular complexity index is 761.